The normalized spacial score (nSPS) is 26.2. The van der Waals surface area contributed by atoms with Gasteiger partial charge in [-0.15, -0.1) is 0 Å². The number of benzene rings is 2. The SMILES string of the molecule is N#Cc1ccc(C23CC(C[C@](O)(Cn4cncn4)c4ccc(F)cc4F)(C2)C3)cc1. The lowest BCUT2D eigenvalue weighted by Gasteiger charge is -2.72. The lowest BCUT2D eigenvalue weighted by molar-refractivity contribution is -0.188. The zero-order valence-corrected chi connectivity index (χ0v) is 16.2. The van der Waals surface area contributed by atoms with Gasteiger partial charge in [-0.2, -0.15) is 10.4 Å². The molecule has 3 fully saturated rings. The number of aromatic nitrogens is 3. The molecule has 3 aromatic rings. The largest absolute Gasteiger partial charge is 0.383 e. The van der Waals surface area contributed by atoms with E-state index in [1.807, 2.05) is 24.3 Å². The summed E-state index contributed by atoms with van der Waals surface area (Å²) in [5.41, 5.74) is 0.373. The molecule has 2 aromatic carbocycles. The third-order valence-electron chi connectivity index (χ3n) is 6.76. The first-order valence-corrected chi connectivity index (χ1v) is 9.87. The predicted molar refractivity (Wildman–Crippen MR) is 104 cm³/mol. The van der Waals surface area contributed by atoms with Crippen molar-refractivity contribution in [3.63, 3.8) is 0 Å². The van der Waals surface area contributed by atoms with Gasteiger partial charge in [-0.05, 0) is 60.3 Å². The minimum absolute atomic E-state index is 0.0428. The summed E-state index contributed by atoms with van der Waals surface area (Å²) in [4.78, 5) is 3.91. The van der Waals surface area contributed by atoms with Gasteiger partial charge in [0.05, 0.1) is 18.2 Å². The van der Waals surface area contributed by atoms with Crippen LogP contribution in [0, 0.1) is 28.4 Å². The van der Waals surface area contributed by atoms with Crippen LogP contribution >= 0.6 is 0 Å². The van der Waals surface area contributed by atoms with Crippen molar-refractivity contribution in [1.82, 2.24) is 14.8 Å². The molecule has 0 spiro atoms. The molecule has 1 N–H and O–H groups in total. The topological polar surface area (TPSA) is 74.7 Å². The highest BCUT2D eigenvalue weighted by Crippen LogP contribution is 2.76. The van der Waals surface area contributed by atoms with E-state index in [2.05, 4.69) is 16.2 Å². The van der Waals surface area contributed by atoms with Crippen molar-refractivity contribution < 1.29 is 13.9 Å². The summed E-state index contributed by atoms with van der Waals surface area (Å²) >= 11 is 0. The fourth-order valence-corrected chi connectivity index (χ4v) is 5.70. The van der Waals surface area contributed by atoms with Gasteiger partial charge in [0, 0.05) is 11.6 Å². The van der Waals surface area contributed by atoms with E-state index in [1.165, 1.54) is 35.0 Å². The number of nitriles is 1. The summed E-state index contributed by atoms with van der Waals surface area (Å²) in [5, 5.41) is 24.6. The second-order valence-corrected chi connectivity index (χ2v) is 8.93. The summed E-state index contributed by atoms with van der Waals surface area (Å²) in [7, 11) is 0. The van der Waals surface area contributed by atoms with Crippen LogP contribution in [0.3, 0.4) is 0 Å². The number of rotatable bonds is 6. The van der Waals surface area contributed by atoms with Gasteiger partial charge in [0.25, 0.3) is 0 Å². The molecule has 30 heavy (non-hydrogen) atoms. The van der Waals surface area contributed by atoms with Gasteiger partial charge >= 0.3 is 0 Å². The van der Waals surface area contributed by atoms with Crippen LogP contribution < -0.4 is 0 Å². The molecule has 0 aliphatic heterocycles. The van der Waals surface area contributed by atoms with E-state index in [9.17, 15) is 13.9 Å². The summed E-state index contributed by atoms with van der Waals surface area (Å²) < 4.78 is 29.6. The first kappa shape index (κ1) is 18.9. The molecule has 5 nitrogen and oxygen atoms in total. The highest BCUT2D eigenvalue weighted by molar-refractivity contribution is 5.42. The lowest BCUT2D eigenvalue weighted by Crippen LogP contribution is -2.66. The molecule has 1 heterocycles. The molecule has 0 unspecified atom stereocenters. The maximum Gasteiger partial charge on any atom is 0.137 e. The average molecular weight is 406 g/mol. The molecule has 7 heteroatoms. The fourth-order valence-electron chi connectivity index (χ4n) is 5.70. The van der Waals surface area contributed by atoms with Crippen LogP contribution in [0.2, 0.25) is 0 Å². The maximum absolute atomic E-state index is 14.6. The Balaban J connectivity index is 1.40. The molecule has 0 radical (unpaired) electrons. The van der Waals surface area contributed by atoms with Crippen molar-refractivity contribution in [2.24, 2.45) is 5.41 Å². The van der Waals surface area contributed by atoms with Crippen LogP contribution in [0.1, 0.15) is 42.4 Å². The lowest BCUT2D eigenvalue weighted by atomic mass is 9.32. The Kier molecular flexibility index (Phi) is 4.06. The van der Waals surface area contributed by atoms with E-state index >= 15 is 0 Å². The van der Waals surface area contributed by atoms with Crippen molar-refractivity contribution in [3.8, 4) is 6.07 Å². The number of hydrogen-bond acceptors (Lipinski definition) is 4. The Morgan fingerprint density at radius 1 is 1.13 bits per heavy atom. The molecule has 3 aliphatic rings. The molecule has 152 valence electrons. The van der Waals surface area contributed by atoms with Gasteiger partial charge in [0.2, 0.25) is 0 Å². The van der Waals surface area contributed by atoms with Crippen LogP contribution in [0.25, 0.3) is 0 Å². The summed E-state index contributed by atoms with van der Waals surface area (Å²) in [6.07, 6.45) is 5.90. The molecule has 3 saturated carbocycles. The van der Waals surface area contributed by atoms with Gasteiger partial charge in [0.1, 0.15) is 29.9 Å². The van der Waals surface area contributed by atoms with Crippen LogP contribution in [-0.4, -0.2) is 19.9 Å². The first-order valence-electron chi connectivity index (χ1n) is 9.87. The molecular formula is C23H20F2N4O. The summed E-state index contributed by atoms with van der Waals surface area (Å²) in [5.74, 6) is -1.43. The molecule has 1 atom stereocenters. The smallest absolute Gasteiger partial charge is 0.137 e. The van der Waals surface area contributed by atoms with E-state index in [0.717, 1.165) is 25.3 Å². The summed E-state index contributed by atoms with van der Waals surface area (Å²) in [6, 6.07) is 13.1. The second kappa shape index (κ2) is 6.44. The van der Waals surface area contributed by atoms with Gasteiger partial charge in [-0.1, -0.05) is 18.2 Å². The fraction of sp³-hybridized carbons (Fsp3) is 0.348. The van der Waals surface area contributed by atoms with E-state index in [1.54, 1.807) is 0 Å². The van der Waals surface area contributed by atoms with Crippen LogP contribution in [0.5, 0.6) is 0 Å². The molecular weight excluding hydrogens is 386 g/mol. The molecule has 3 aliphatic carbocycles. The van der Waals surface area contributed by atoms with Crippen molar-refractivity contribution in [3.05, 3.63) is 83.4 Å². The van der Waals surface area contributed by atoms with Crippen molar-refractivity contribution >= 4 is 0 Å². The number of aliphatic hydroxyl groups is 1. The number of nitrogens with zero attached hydrogens (tertiary/aromatic N) is 4. The van der Waals surface area contributed by atoms with Crippen LogP contribution in [-0.2, 0) is 17.6 Å². The maximum atomic E-state index is 14.6. The van der Waals surface area contributed by atoms with E-state index in [4.69, 9.17) is 5.26 Å². The Bertz CT molecular complexity index is 1120. The van der Waals surface area contributed by atoms with Crippen molar-refractivity contribution in [1.29, 1.82) is 5.26 Å². The zero-order chi connectivity index (χ0) is 21.0. The minimum atomic E-state index is -1.53. The van der Waals surface area contributed by atoms with Gasteiger partial charge in [-0.25, -0.2) is 18.4 Å². The second-order valence-electron chi connectivity index (χ2n) is 8.93. The zero-order valence-electron chi connectivity index (χ0n) is 16.2. The van der Waals surface area contributed by atoms with Gasteiger partial charge in [-0.3, -0.25) is 0 Å². The molecule has 2 bridgehead atoms. The molecule has 6 rings (SSSR count). The Hall–Kier alpha value is -3.11. The quantitative estimate of drug-likeness (QED) is 0.675. The van der Waals surface area contributed by atoms with Crippen LogP contribution in [0.15, 0.2) is 55.1 Å². The average Bonchev–Trinajstić information content (AvgIpc) is 3.16. The molecule has 0 amide bonds. The molecule has 1 aromatic heterocycles. The Morgan fingerprint density at radius 3 is 2.47 bits per heavy atom. The number of hydrogen-bond donors (Lipinski definition) is 1. The highest BCUT2D eigenvalue weighted by Gasteiger charge is 2.69. The molecule has 0 saturated heterocycles. The third kappa shape index (κ3) is 2.91. The highest BCUT2D eigenvalue weighted by atomic mass is 19.1. The predicted octanol–water partition coefficient (Wildman–Crippen LogP) is 3.83. The Labute approximate surface area is 172 Å². The standard InChI is InChI=1S/C23H20F2N4O/c24-18-5-6-19(20(25)7-18)23(30,13-29-15-27-14-28-29)12-21-9-22(10-21,11-21)17-3-1-16(8-26)2-4-17/h1-7,14-15,30H,9-13H2/t21?,22?,23-/m0/s1. The minimum Gasteiger partial charge on any atom is -0.383 e. The van der Waals surface area contributed by atoms with E-state index < -0.39 is 17.2 Å². The monoisotopic (exact) mass is 406 g/mol. The first-order chi connectivity index (χ1) is 14.4. The van der Waals surface area contributed by atoms with Crippen LogP contribution in [0.4, 0.5) is 8.78 Å². The van der Waals surface area contributed by atoms with E-state index in [-0.39, 0.29) is 22.9 Å². The van der Waals surface area contributed by atoms with Gasteiger partial charge < -0.3 is 5.11 Å². The van der Waals surface area contributed by atoms with Crippen molar-refractivity contribution in [2.75, 3.05) is 0 Å². The third-order valence-corrected chi connectivity index (χ3v) is 6.76. The summed E-state index contributed by atoms with van der Waals surface area (Å²) in [6.45, 7) is 0.0428. The number of halogens is 2. The van der Waals surface area contributed by atoms with E-state index in [0.29, 0.717) is 12.0 Å². The van der Waals surface area contributed by atoms with Gasteiger partial charge in [0.15, 0.2) is 0 Å². The van der Waals surface area contributed by atoms with Crippen molar-refractivity contribution in [2.45, 2.75) is 43.2 Å². The Morgan fingerprint density at radius 2 is 1.87 bits per heavy atom.